The monoisotopic (exact) mass is 172 g/mol. The summed E-state index contributed by atoms with van der Waals surface area (Å²) in [4.78, 5) is 0. The van der Waals surface area contributed by atoms with E-state index in [0.29, 0.717) is 0 Å². The molecule has 6 unspecified atom stereocenters. The summed E-state index contributed by atoms with van der Waals surface area (Å²) < 4.78 is 0. The Morgan fingerprint density at radius 1 is 1.08 bits per heavy atom. The van der Waals surface area contributed by atoms with Gasteiger partial charge in [-0.2, -0.15) is 0 Å². The molecule has 4 saturated heterocycles. The van der Waals surface area contributed by atoms with Gasteiger partial charge < -0.3 is 0 Å². The number of rotatable bonds is 0. The van der Waals surface area contributed by atoms with Crippen molar-refractivity contribution in [2.24, 2.45) is 23.7 Å². The summed E-state index contributed by atoms with van der Waals surface area (Å²) in [6, 6.07) is 0. The Hall–Kier alpha value is 0.0649. The molecule has 7 rings (SSSR count). The molecule has 0 aromatic carbocycles. The van der Waals surface area contributed by atoms with Crippen LogP contribution in [0.15, 0.2) is 0 Å². The average molecular weight is 172 g/mol. The highest BCUT2D eigenvalue weighted by Gasteiger charge is 2.84. The summed E-state index contributed by atoms with van der Waals surface area (Å²) in [5.74, 6) is 7.37. The predicted molar refractivity (Wildman–Crippen MR) is 54.0 cm³/mol. The Balaban J connectivity index is 1.70. The van der Waals surface area contributed by atoms with Gasteiger partial charge in [-0.3, -0.25) is 0 Å². The molecule has 6 atom stereocenters. The molecular weight excluding hydrogens is 155 g/mol. The molecular formula is C12H17B. The number of hydrogen-bond acceptors (Lipinski definition) is 0. The predicted octanol–water partition coefficient (Wildman–Crippen LogP) is 3.08. The van der Waals surface area contributed by atoms with Gasteiger partial charge in [0, 0.05) is 0 Å². The molecule has 3 saturated carbocycles. The van der Waals surface area contributed by atoms with E-state index < -0.39 is 0 Å². The van der Waals surface area contributed by atoms with Crippen molar-refractivity contribution < 1.29 is 0 Å². The molecule has 68 valence electrons. The molecule has 0 N–H and O–H groups in total. The van der Waals surface area contributed by atoms with Gasteiger partial charge in [-0.25, -0.2) is 0 Å². The summed E-state index contributed by atoms with van der Waals surface area (Å²) in [5, 5.41) is 0.888. The van der Waals surface area contributed by atoms with E-state index in [0.717, 1.165) is 5.31 Å². The fourth-order valence-electron chi connectivity index (χ4n) is 7.04. The molecule has 7 fully saturated rings. The Bertz CT molecular complexity index is 300. The molecule has 0 aromatic heterocycles. The molecule has 0 amide bonds. The lowest BCUT2D eigenvalue weighted by atomic mass is 9.17. The van der Waals surface area contributed by atoms with Crippen LogP contribution in [0.1, 0.15) is 32.6 Å². The summed E-state index contributed by atoms with van der Waals surface area (Å²) in [6.45, 7) is 3.89. The maximum atomic E-state index is 2.67. The van der Waals surface area contributed by atoms with Crippen molar-refractivity contribution in [3.05, 3.63) is 0 Å². The number of fused-ring (bicyclic) bond motifs is 2. The highest BCUT2D eigenvalue weighted by atomic mass is 14.8. The van der Waals surface area contributed by atoms with E-state index in [-0.39, 0.29) is 0 Å². The zero-order chi connectivity index (χ0) is 8.37. The van der Waals surface area contributed by atoms with Gasteiger partial charge in [0.1, 0.15) is 0 Å². The van der Waals surface area contributed by atoms with Crippen LogP contribution < -0.4 is 0 Å². The Labute approximate surface area is 80.5 Å². The highest BCUT2D eigenvalue weighted by Crippen LogP contribution is 2.91. The molecule has 1 heteroatoms. The van der Waals surface area contributed by atoms with E-state index in [4.69, 9.17) is 0 Å². The van der Waals surface area contributed by atoms with Crippen LogP contribution in [0.5, 0.6) is 0 Å². The minimum absolute atomic E-state index is 0.888. The lowest BCUT2D eigenvalue weighted by molar-refractivity contribution is -0.0836. The largest absolute Gasteiger partial charge is 0.153 e. The fourth-order valence-corrected chi connectivity index (χ4v) is 7.04. The molecule has 0 nitrogen and oxygen atoms in total. The minimum Gasteiger partial charge on any atom is -0.0656 e. The first-order valence-corrected chi connectivity index (χ1v) is 6.33. The SMILES string of the molecule is CC12B3C4CCC3C4C1C1CCC12. The second-order valence-electron chi connectivity index (χ2n) is 6.75. The van der Waals surface area contributed by atoms with E-state index in [1.54, 1.807) is 25.7 Å². The van der Waals surface area contributed by atoms with E-state index in [1.807, 2.05) is 0 Å². The van der Waals surface area contributed by atoms with Gasteiger partial charge in [-0.05, 0) is 35.4 Å². The van der Waals surface area contributed by atoms with Gasteiger partial charge in [0.15, 0.2) is 6.71 Å². The third kappa shape index (κ3) is 0.389. The quantitative estimate of drug-likeness (QED) is 0.492. The maximum Gasteiger partial charge on any atom is 0.153 e. The molecule has 4 heterocycles. The van der Waals surface area contributed by atoms with Crippen molar-refractivity contribution in [2.75, 3.05) is 0 Å². The van der Waals surface area contributed by atoms with E-state index in [2.05, 4.69) is 6.92 Å². The van der Waals surface area contributed by atoms with Crippen LogP contribution in [0, 0.1) is 23.7 Å². The summed E-state index contributed by atoms with van der Waals surface area (Å²) in [6.07, 6.45) is 6.44. The minimum atomic E-state index is 0.888. The number of hydrogen-bond donors (Lipinski definition) is 0. The van der Waals surface area contributed by atoms with Crippen molar-refractivity contribution in [1.29, 1.82) is 0 Å². The van der Waals surface area contributed by atoms with E-state index >= 15 is 0 Å². The highest BCUT2D eigenvalue weighted by molar-refractivity contribution is 6.72. The van der Waals surface area contributed by atoms with Gasteiger partial charge in [0.05, 0.1) is 0 Å². The van der Waals surface area contributed by atoms with Gasteiger partial charge in [-0.1, -0.05) is 37.8 Å². The Kier molecular flexibility index (Phi) is 0.769. The first-order valence-electron chi connectivity index (χ1n) is 6.33. The summed E-state index contributed by atoms with van der Waals surface area (Å²) >= 11 is 0. The van der Waals surface area contributed by atoms with Crippen molar-refractivity contribution in [2.45, 2.75) is 49.6 Å². The van der Waals surface area contributed by atoms with Crippen molar-refractivity contribution in [3.8, 4) is 0 Å². The van der Waals surface area contributed by atoms with Crippen molar-refractivity contribution >= 4 is 6.71 Å². The van der Waals surface area contributed by atoms with Crippen molar-refractivity contribution in [1.82, 2.24) is 0 Å². The summed E-state index contributed by atoms with van der Waals surface area (Å²) in [5.41, 5.74) is 0. The molecule has 0 aromatic rings. The molecule has 4 aliphatic heterocycles. The molecule has 4 bridgehead atoms. The normalized spacial score (nSPS) is 75.0. The van der Waals surface area contributed by atoms with E-state index in [9.17, 15) is 0 Å². The Morgan fingerprint density at radius 2 is 1.85 bits per heavy atom. The maximum absolute atomic E-state index is 2.67. The zero-order valence-corrected chi connectivity index (χ0v) is 8.37. The molecule has 0 radical (unpaired) electrons. The van der Waals surface area contributed by atoms with Crippen LogP contribution in [0.2, 0.25) is 16.9 Å². The van der Waals surface area contributed by atoms with Crippen LogP contribution in [0.3, 0.4) is 0 Å². The van der Waals surface area contributed by atoms with Gasteiger partial charge in [-0.15, -0.1) is 0 Å². The third-order valence-corrected chi connectivity index (χ3v) is 7.18. The van der Waals surface area contributed by atoms with Crippen LogP contribution in [0.4, 0.5) is 0 Å². The first-order chi connectivity index (χ1) is 6.33. The molecule has 7 aliphatic rings. The van der Waals surface area contributed by atoms with Gasteiger partial charge in [0.2, 0.25) is 0 Å². The summed E-state index contributed by atoms with van der Waals surface area (Å²) in [7, 11) is 0. The van der Waals surface area contributed by atoms with Crippen LogP contribution in [0.25, 0.3) is 0 Å². The van der Waals surface area contributed by atoms with Gasteiger partial charge in [0.25, 0.3) is 0 Å². The first kappa shape index (κ1) is 6.53. The third-order valence-electron chi connectivity index (χ3n) is 7.18. The lowest BCUT2D eigenvalue weighted by Crippen LogP contribution is -2.56. The van der Waals surface area contributed by atoms with E-state index in [1.165, 1.54) is 42.0 Å². The average Bonchev–Trinajstić information content (AvgIpc) is 2.64. The standard InChI is InChI=1S/C12H17B/c1-12-7-3-2-6(7)11(12)10-8-4-5-9(10)13(8)12/h6-11H,2-5H2,1H3. The zero-order valence-electron chi connectivity index (χ0n) is 8.37. The smallest absolute Gasteiger partial charge is 0.0656 e. The molecule has 0 spiro atoms. The van der Waals surface area contributed by atoms with Crippen molar-refractivity contribution in [3.63, 3.8) is 0 Å². The molecule has 13 heavy (non-hydrogen) atoms. The van der Waals surface area contributed by atoms with Crippen LogP contribution >= 0.6 is 0 Å². The molecule has 3 aliphatic carbocycles. The second-order valence-corrected chi connectivity index (χ2v) is 6.75. The van der Waals surface area contributed by atoms with Gasteiger partial charge >= 0.3 is 0 Å². The topological polar surface area (TPSA) is 0 Å². The second kappa shape index (κ2) is 1.53. The van der Waals surface area contributed by atoms with Crippen LogP contribution in [-0.2, 0) is 0 Å². The van der Waals surface area contributed by atoms with Crippen LogP contribution in [-0.4, -0.2) is 6.71 Å². The fraction of sp³-hybridized carbons (Fsp3) is 1.00. The Morgan fingerprint density at radius 3 is 2.38 bits per heavy atom. The lowest BCUT2D eigenvalue weighted by Gasteiger charge is -2.64.